The molecule has 7 nitrogen and oxygen atoms in total. The van der Waals surface area contributed by atoms with Gasteiger partial charge >= 0.3 is 12.0 Å². The highest BCUT2D eigenvalue weighted by Gasteiger charge is 2.13. The first-order valence-corrected chi connectivity index (χ1v) is 8.63. The van der Waals surface area contributed by atoms with Crippen LogP contribution in [-0.2, 0) is 14.3 Å². The van der Waals surface area contributed by atoms with Crippen LogP contribution in [0.15, 0.2) is 12.1 Å². The van der Waals surface area contributed by atoms with Crippen LogP contribution in [0.3, 0.4) is 0 Å². The molecule has 7 heteroatoms. The summed E-state index contributed by atoms with van der Waals surface area (Å²) in [5, 5.41) is 4.66. The normalized spacial score (nSPS) is 10.4. The van der Waals surface area contributed by atoms with E-state index in [4.69, 9.17) is 9.47 Å². The van der Waals surface area contributed by atoms with Gasteiger partial charge in [-0.3, -0.25) is 10.1 Å². The molecule has 0 unspecified atom stereocenters. The largest absolute Gasteiger partial charge is 0.481 e. The molecule has 0 fully saturated rings. The fourth-order valence-electron chi connectivity index (χ4n) is 2.39. The Morgan fingerprint density at radius 2 is 1.65 bits per heavy atom. The van der Waals surface area contributed by atoms with Crippen molar-refractivity contribution in [2.45, 2.75) is 41.0 Å². The molecule has 0 saturated heterocycles. The fourth-order valence-corrected chi connectivity index (χ4v) is 2.39. The van der Waals surface area contributed by atoms with Gasteiger partial charge in [0.25, 0.3) is 5.91 Å². The minimum Gasteiger partial charge on any atom is -0.481 e. The monoisotopic (exact) mass is 364 g/mol. The van der Waals surface area contributed by atoms with Gasteiger partial charge in [0.2, 0.25) is 0 Å². The predicted molar refractivity (Wildman–Crippen MR) is 98.1 cm³/mol. The molecule has 0 heterocycles. The third-order valence-electron chi connectivity index (χ3n) is 3.56. The Morgan fingerprint density at radius 1 is 1.04 bits per heavy atom. The average molecular weight is 364 g/mol. The lowest BCUT2D eigenvalue weighted by atomic mass is 10.1. The van der Waals surface area contributed by atoms with Gasteiger partial charge in [0.1, 0.15) is 5.75 Å². The lowest BCUT2D eigenvalue weighted by Crippen LogP contribution is -2.42. The standard InChI is InChI=1S/C19H28N2O5/c1-12(2)6-7-20-19(24)21-16(22)10-25-17(23)11-26-18-14(4)8-13(3)9-15(18)5/h8-9,12H,6-7,10-11H2,1-5H3,(H2,20,21,22,24). The van der Waals surface area contributed by atoms with Crippen molar-refractivity contribution < 1.29 is 23.9 Å². The molecule has 26 heavy (non-hydrogen) atoms. The van der Waals surface area contributed by atoms with Crippen molar-refractivity contribution in [2.75, 3.05) is 19.8 Å². The smallest absolute Gasteiger partial charge is 0.344 e. The zero-order valence-electron chi connectivity index (χ0n) is 16.1. The maximum Gasteiger partial charge on any atom is 0.344 e. The zero-order valence-corrected chi connectivity index (χ0v) is 16.1. The average Bonchev–Trinajstić information content (AvgIpc) is 2.51. The number of nitrogens with one attached hydrogen (secondary N) is 2. The second-order valence-electron chi connectivity index (χ2n) is 6.66. The number of hydrogen-bond donors (Lipinski definition) is 2. The summed E-state index contributed by atoms with van der Waals surface area (Å²) in [7, 11) is 0. The topological polar surface area (TPSA) is 93.7 Å². The van der Waals surface area contributed by atoms with Gasteiger partial charge in [-0.25, -0.2) is 9.59 Å². The van der Waals surface area contributed by atoms with Crippen molar-refractivity contribution in [3.8, 4) is 5.75 Å². The van der Waals surface area contributed by atoms with E-state index in [0.29, 0.717) is 18.2 Å². The van der Waals surface area contributed by atoms with Crippen molar-refractivity contribution in [1.82, 2.24) is 10.6 Å². The van der Waals surface area contributed by atoms with E-state index in [1.54, 1.807) is 0 Å². The third-order valence-corrected chi connectivity index (χ3v) is 3.56. The molecule has 0 aliphatic carbocycles. The Morgan fingerprint density at radius 3 is 2.23 bits per heavy atom. The Kier molecular flexibility index (Phi) is 8.61. The van der Waals surface area contributed by atoms with Crippen LogP contribution in [0.25, 0.3) is 0 Å². The Hall–Kier alpha value is -2.57. The van der Waals surface area contributed by atoms with Crippen LogP contribution in [0.4, 0.5) is 4.79 Å². The molecule has 3 amide bonds. The van der Waals surface area contributed by atoms with Crippen LogP contribution in [0.1, 0.15) is 37.0 Å². The summed E-state index contributed by atoms with van der Waals surface area (Å²) < 4.78 is 10.3. The molecule has 1 aromatic rings. The van der Waals surface area contributed by atoms with E-state index >= 15 is 0 Å². The van der Waals surface area contributed by atoms with Crippen LogP contribution in [0.2, 0.25) is 0 Å². The minimum absolute atomic E-state index is 0.307. The number of imide groups is 1. The lowest BCUT2D eigenvalue weighted by Gasteiger charge is -2.13. The van der Waals surface area contributed by atoms with Crippen molar-refractivity contribution in [3.63, 3.8) is 0 Å². The van der Waals surface area contributed by atoms with E-state index in [9.17, 15) is 14.4 Å². The first kappa shape index (κ1) is 21.5. The zero-order chi connectivity index (χ0) is 19.7. The number of benzene rings is 1. The van der Waals surface area contributed by atoms with E-state index in [-0.39, 0.29) is 6.61 Å². The number of rotatable bonds is 8. The molecule has 0 saturated carbocycles. The number of aryl methyl sites for hydroxylation is 3. The minimum atomic E-state index is -0.692. The summed E-state index contributed by atoms with van der Waals surface area (Å²) in [4.78, 5) is 34.8. The molecule has 0 radical (unpaired) electrons. The first-order chi connectivity index (χ1) is 12.2. The summed E-state index contributed by atoms with van der Waals surface area (Å²) in [6.45, 7) is 9.47. The molecule has 0 aliphatic rings. The molecule has 0 atom stereocenters. The van der Waals surface area contributed by atoms with Gasteiger partial charge in [0.15, 0.2) is 13.2 Å². The summed E-state index contributed by atoms with van der Waals surface area (Å²) in [5.74, 6) is -0.294. The van der Waals surface area contributed by atoms with Crippen LogP contribution in [-0.4, -0.2) is 37.7 Å². The molecule has 0 aliphatic heterocycles. The molecule has 2 N–H and O–H groups in total. The predicted octanol–water partition coefficient (Wildman–Crippen LogP) is 2.41. The SMILES string of the molecule is Cc1cc(C)c(OCC(=O)OCC(=O)NC(=O)NCCC(C)C)c(C)c1. The van der Waals surface area contributed by atoms with Crippen LogP contribution in [0.5, 0.6) is 5.75 Å². The number of amides is 3. The summed E-state index contributed by atoms with van der Waals surface area (Å²) in [6.07, 6.45) is 0.811. The third kappa shape index (κ3) is 8.00. The molecular formula is C19H28N2O5. The van der Waals surface area contributed by atoms with Crippen molar-refractivity contribution >= 4 is 17.9 Å². The number of hydrogen-bond acceptors (Lipinski definition) is 5. The van der Waals surface area contributed by atoms with E-state index < -0.39 is 24.5 Å². The number of esters is 1. The molecule has 1 aromatic carbocycles. The molecule has 0 aromatic heterocycles. The van der Waals surface area contributed by atoms with Crippen LogP contribution in [0, 0.1) is 26.7 Å². The maximum absolute atomic E-state index is 11.7. The fraction of sp³-hybridized carbons (Fsp3) is 0.526. The summed E-state index contributed by atoms with van der Waals surface area (Å²) >= 11 is 0. The molecular weight excluding hydrogens is 336 g/mol. The van der Waals surface area contributed by atoms with E-state index in [1.807, 2.05) is 46.8 Å². The molecule has 1 rings (SSSR count). The van der Waals surface area contributed by atoms with E-state index in [0.717, 1.165) is 23.1 Å². The van der Waals surface area contributed by atoms with Crippen molar-refractivity contribution in [3.05, 3.63) is 28.8 Å². The lowest BCUT2D eigenvalue weighted by molar-refractivity contribution is -0.150. The van der Waals surface area contributed by atoms with Gasteiger partial charge in [0, 0.05) is 6.54 Å². The number of urea groups is 1. The highest BCUT2D eigenvalue weighted by atomic mass is 16.6. The van der Waals surface area contributed by atoms with Gasteiger partial charge in [-0.05, 0) is 44.2 Å². The first-order valence-electron chi connectivity index (χ1n) is 8.63. The van der Waals surface area contributed by atoms with Gasteiger partial charge in [0.05, 0.1) is 0 Å². The highest BCUT2D eigenvalue weighted by Crippen LogP contribution is 2.24. The van der Waals surface area contributed by atoms with Crippen LogP contribution < -0.4 is 15.4 Å². The van der Waals surface area contributed by atoms with E-state index in [1.165, 1.54) is 0 Å². The van der Waals surface area contributed by atoms with Gasteiger partial charge in [-0.1, -0.05) is 31.5 Å². The maximum atomic E-state index is 11.7. The van der Waals surface area contributed by atoms with Crippen molar-refractivity contribution in [1.29, 1.82) is 0 Å². The second kappa shape index (κ2) is 10.4. The molecule has 144 valence electrons. The van der Waals surface area contributed by atoms with Crippen molar-refractivity contribution in [2.24, 2.45) is 5.92 Å². The Bertz CT molecular complexity index is 632. The summed E-state index contributed by atoms with van der Waals surface area (Å²) in [5.41, 5.74) is 2.95. The van der Waals surface area contributed by atoms with Crippen LogP contribution >= 0.6 is 0 Å². The highest BCUT2D eigenvalue weighted by molar-refractivity contribution is 5.95. The van der Waals surface area contributed by atoms with Gasteiger partial charge in [-0.2, -0.15) is 0 Å². The Balaban J connectivity index is 2.32. The Labute approximate surface area is 154 Å². The van der Waals surface area contributed by atoms with Gasteiger partial charge < -0.3 is 14.8 Å². The second-order valence-corrected chi connectivity index (χ2v) is 6.66. The molecule has 0 bridgehead atoms. The van der Waals surface area contributed by atoms with E-state index in [2.05, 4.69) is 10.6 Å². The number of carbonyl (C=O) groups excluding carboxylic acids is 3. The quantitative estimate of drug-likeness (QED) is 0.691. The summed E-state index contributed by atoms with van der Waals surface area (Å²) in [6, 6.07) is 3.31. The number of ether oxygens (including phenoxy) is 2. The van der Waals surface area contributed by atoms with Gasteiger partial charge in [-0.15, -0.1) is 0 Å². The molecule has 0 spiro atoms. The number of carbonyl (C=O) groups is 3.